The highest BCUT2D eigenvalue weighted by atomic mass is 32.2. The summed E-state index contributed by atoms with van der Waals surface area (Å²) in [4.78, 5) is 0. The lowest BCUT2D eigenvalue weighted by Crippen LogP contribution is -2.34. The van der Waals surface area contributed by atoms with Crippen LogP contribution >= 0.6 is 11.8 Å². The lowest BCUT2D eigenvalue weighted by atomic mass is 9.92. The third-order valence-electron chi connectivity index (χ3n) is 3.21. The molecule has 2 unspecified atom stereocenters. The van der Waals surface area contributed by atoms with E-state index in [2.05, 4.69) is 36.7 Å². The molecule has 0 fully saturated rings. The molecule has 0 radical (unpaired) electrons. The third-order valence-corrected chi connectivity index (χ3v) is 3.91. The Kier molecular flexibility index (Phi) is 4.75. The van der Waals surface area contributed by atoms with Crippen molar-refractivity contribution in [1.82, 2.24) is 5.32 Å². The number of nitrogens with one attached hydrogen (secondary N) is 1. The Balaban J connectivity index is 2.00. The van der Waals surface area contributed by atoms with Crippen molar-refractivity contribution in [3.05, 3.63) is 29.8 Å². The van der Waals surface area contributed by atoms with E-state index >= 15 is 0 Å². The summed E-state index contributed by atoms with van der Waals surface area (Å²) in [5, 5.41) is 3.67. The van der Waals surface area contributed by atoms with Crippen LogP contribution in [0.25, 0.3) is 0 Å². The average molecular weight is 251 g/mol. The predicted octanol–water partition coefficient (Wildman–Crippen LogP) is 3.10. The van der Waals surface area contributed by atoms with E-state index in [1.807, 2.05) is 17.8 Å². The van der Waals surface area contributed by atoms with Crippen molar-refractivity contribution in [1.29, 1.82) is 0 Å². The fourth-order valence-corrected chi connectivity index (χ4v) is 2.71. The van der Waals surface area contributed by atoms with Gasteiger partial charge in [-0.1, -0.05) is 25.1 Å². The zero-order valence-corrected chi connectivity index (χ0v) is 11.4. The molecule has 2 nitrogen and oxygen atoms in total. The van der Waals surface area contributed by atoms with E-state index in [-0.39, 0.29) is 0 Å². The summed E-state index contributed by atoms with van der Waals surface area (Å²) < 4.78 is 5.75. The number of thioether (sulfide) groups is 1. The number of ether oxygens (including phenoxy) is 1. The smallest absolute Gasteiger partial charge is 0.124 e. The maximum absolute atomic E-state index is 5.75. The Labute approximate surface area is 108 Å². The van der Waals surface area contributed by atoms with Crippen LogP contribution in [0.2, 0.25) is 0 Å². The van der Waals surface area contributed by atoms with Crippen LogP contribution in [-0.2, 0) is 0 Å². The molecule has 2 atom stereocenters. The lowest BCUT2D eigenvalue weighted by Gasteiger charge is -2.32. The third kappa shape index (κ3) is 3.17. The van der Waals surface area contributed by atoms with Crippen LogP contribution in [0.3, 0.4) is 0 Å². The minimum Gasteiger partial charge on any atom is -0.493 e. The zero-order valence-electron chi connectivity index (χ0n) is 10.6. The molecule has 3 heteroatoms. The number of rotatable bonds is 5. The molecule has 1 heterocycles. The van der Waals surface area contributed by atoms with Gasteiger partial charge in [0.15, 0.2) is 0 Å². The predicted molar refractivity (Wildman–Crippen MR) is 74.8 cm³/mol. The summed E-state index contributed by atoms with van der Waals surface area (Å²) in [6.45, 7) is 4.16. The number of hydrogen-bond donors (Lipinski definition) is 1. The highest BCUT2D eigenvalue weighted by Crippen LogP contribution is 2.34. The molecule has 0 amide bonds. The highest BCUT2D eigenvalue weighted by Gasteiger charge is 2.26. The molecule has 2 rings (SSSR count). The van der Waals surface area contributed by atoms with Gasteiger partial charge in [-0.15, -0.1) is 0 Å². The minimum absolute atomic E-state index is 0.446. The molecule has 0 saturated carbocycles. The van der Waals surface area contributed by atoms with Crippen molar-refractivity contribution in [2.75, 3.05) is 25.2 Å². The number of fused-ring (bicyclic) bond motifs is 1. The van der Waals surface area contributed by atoms with E-state index < -0.39 is 0 Å². The maximum Gasteiger partial charge on any atom is 0.124 e. The fraction of sp³-hybridized carbons (Fsp3) is 0.571. The van der Waals surface area contributed by atoms with E-state index in [0.29, 0.717) is 12.0 Å². The first-order valence-electron chi connectivity index (χ1n) is 6.27. The molecule has 0 aliphatic carbocycles. The Bertz CT molecular complexity index is 356. The Hall–Kier alpha value is -0.670. The Morgan fingerprint density at radius 3 is 3.06 bits per heavy atom. The Morgan fingerprint density at radius 1 is 1.41 bits per heavy atom. The van der Waals surface area contributed by atoms with Gasteiger partial charge < -0.3 is 10.1 Å². The molecule has 94 valence electrons. The van der Waals surface area contributed by atoms with Crippen molar-refractivity contribution >= 4 is 11.8 Å². The number of hydrogen-bond acceptors (Lipinski definition) is 3. The van der Waals surface area contributed by atoms with E-state index in [0.717, 1.165) is 18.9 Å². The van der Waals surface area contributed by atoms with Crippen LogP contribution in [0.4, 0.5) is 0 Å². The molecule has 0 aromatic heterocycles. The minimum atomic E-state index is 0.446. The molecule has 1 aromatic carbocycles. The second-order valence-corrected chi connectivity index (χ2v) is 5.59. The van der Waals surface area contributed by atoms with Crippen molar-refractivity contribution < 1.29 is 4.74 Å². The molecule has 0 bridgehead atoms. The standard InChI is InChI=1S/C14H21NOS/c1-11-10-16-13-7-4-3-6-12(13)14(11)15-8-5-9-17-2/h3-4,6-7,11,14-15H,5,8-10H2,1-2H3. The van der Waals surface area contributed by atoms with Gasteiger partial charge in [-0.2, -0.15) is 11.8 Å². The molecular weight excluding hydrogens is 230 g/mol. The van der Waals surface area contributed by atoms with Gasteiger partial charge in [0.1, 0.15) is 5.75 Å². The van der Waals surface area contributed by atoms with Gasteiger partial charge in [0, 0.05) is 17.5 Å². The molecule has 1 aliphatic rings. The molecule has 1 aliphatic heterocycles. The van der Waals surface area contributed by atoms with Gasteiger partial charge >= 0.3 is 0 Å². The van der Waals surface area contributed by atoms with Gasteiger partial charge in [-0.25, -0.2) is 0 Å². The summed E-state index contributed by atoms with van der Waals surface area (Å²) in [6.07, 6.45) is 3.39. The highest BCUT2D eigenvalue weighted by molar-refractivity contribution is 7.98. The number of para-hydroxylation sites is 1. The number of benzene rings is 1. The van der Waals surface area contributed by atoms with Crippen LogP contribution in [-0.4, -0.2) is 25.2 Å². The summed E-state index contributed by atoms with van der Waals surface area (Å²) >= 11 is 1.91. The first-order valence-corrected chi connectivity index (χ1v) is 7.66. The van der Waals surface area contributed by atoms with Crippen LogP contribution < -0.4 is 10.1 Å². The molecule has 17 heavy (non-hydrogen) atoms. The summed E-state index contributed by atoms with van der Waals surface area (Å²) in [5.41, 5.74) is 1.32. The van der Waals surface area contributed by atoms with Crippen molar-refractivity contribution in [2.45, 2.75) is 19.4 Å². The second kappa shape index (κ2) is 6.31. The van der Waals surface area contributed by atoms with Gasteiger partial charge in [-0.05, 0) is 31.0 Å². The topological polar surface area (TPSA) is 21.3 Å². The fourth-order valence-electron chi connectivity index (χ4n) is 2.28. The van der Waals surface area contributed by atoms with Crippen molar-refractivity contribution in [3.63, 3.8) is 0 Å². The van der Waals surface area contributed by atoms with Crippen LogP contribution in [0.5, 0.6) is 5.75 Å². The van der Waals surface area contributed by atoms with Crippen LogP contribution in [0, 0.1) is 5.92 Å². The van der Waals surface area contributed by atoms with E-state index in [1.54, 1.807) is 0 Å². The summed E-state index contributed by atoms with van der Waals surface area (Å²) in [7, 11) is 0. The van der Waals surface area contributed by atoms with Crippen molar-refractivity contribution in [3.8, 4) is 5.75 Å². The lowest BCUT2D eigenvalue weighted by molar-refractivity contribution is 0.189. The zero-order chi connectivity index (χ0) is 12.1. The van der Waals surface area contributed by atoms with Gasteiger partial charge in [-0.3, -0.25) is 0 Å². The first-order chi connectivity index (χ1) is 8.33. The van der Waals surface area contributed by atoms with E-state index in [9.17, 15) is 0 Å². The first kappa shape index (κ1) is 12.8. The SMILES string of the molecule is CSCCCNC1c2ccccc2OCC1C. The molecule has 0 spiro atoms. The van der Waals surface area contributed by atoms with Crippen LogP contribution in [0.1, 0.15) is 24.9 Å². The van der Waals surface area contributed by atoms with E-state index in [1.165, 1.54) is 17.7 Å². The molecule has 1 N–H and O–H groups in total. The van der Waals surface area contributed by atoms with Gasteiger partial charge in [0.05, 0.1) is 6.61 Å². The van der Waals surface area contributed by atoms with E-state index in [4.69, 9.17) is 4.74 Å². The summed E-state index contributed by atoms with van der Waals surface area (Å²) in [6, 6.07) is 8.83. The summed E-state index contributed by atoms with van der Waals surface area (Å²) in [5.74, 6) is 2.82. The normalized spacial score (nSPS) is 22.9. The van der Waals surface area contributed by atoms with Gasteiger partial charge in [0.25, 0.3) is 0 Å². The largest absolute Gasteiger partial charge is 0.493 e. The molecular formula is C14H21NOS. The average Bonchev–Trinajstić information content (AvgIpc) is 2.37. The second-order valence-electron chi connectivity index (χ2n) is 4.60. The van der Waals surface area contributed by atoms with Gasteiger partial charge in [0.2, 0.25) is 0 Å². The monoisotopic (exact) mass is 251 g/mol. The van der Waals surface area contributed by atoms with Crippen molar-refractivity contribution in [2.24, 2.45) is 5.92 Å². The van der Waals surface area contributed by atoms with Crippen LogP contribution in [0.15, 0.2) is 24.3 Å². The molecule has 1 aromatic rings. The Morgan fingerprint density at radius 2 is 2.24 bits per heavy atom. The molecule has 0 saturated heterocycles. The maximum atomic E-state index is 5.75. The quantitative estimate of drug-likeness (QED) is 0.813.